The maximum Gasteiger partial charge on any atom is 0.228 e. The average molecular weight is 88.1 g/mol. The van der Waals surface area contributed by atoms with Gasteiger partial charge in [-0.15, -0.1) is 0 Å². The summed E-state index contributed by atoms with van der Waals surface area (Å²) in [5.74, 6) is 4.45. The molecule has 0 saturated heterocycles. The predicted molar refractivity (Wildman–Crippen MR) is 18.2 cm³/mol. The Balaban J connectivity index is 2.85. The number of amides is 1. The lowest BCUT2D eigenvalue weighted by molar-refractivity contribution is -0.109. The van der Waals surface area contributed by atoms with Crippen LogP contribution in [0.3, 0.4) is 0 Å². The summed E-state index contributed by atoms with van der Waals surface area (Å²) < 4.78 is 0. The zero-order valence-corrected chi connectivity index (χ0v) is 2.96. The van der Waals surface area contributed by atoms with Gasteiger partial charge in [0.25, 0.3) is 0 Å². The Hall–Kier alpha value is -1.13. The summed E-state index contributed by atoms with van der Waals surface area (Å²) in [6.45, 7) is 0. The van der Waals surface area contributed by atoms with Crippen molar-refractivity contribution in [3.63, 3.8) is 0 Å². The van der Waals surface area contributed by atoms with Crippen LogP contribution < -0.4 is 11.3 Å². The van der Waals surface area contributed by atoms with Crippen LogP contribution in [0.4, 0.5) is 0 Å². The van der Waals surface area contributed by atoms with Crippen molar-refractivity contribution in [3.8, 4) is 0 Å². The van der Waals surface area contributed by atoms with Gasteiger partial charge in [-0.3, -0.25) is 4.79 Å². The predicted octanol–water partition coefficient (Wildman–Crippen LogP) is -1.03. The number of nitrogens with one attached hydrogen (secondary N) is 1. The topological polar surface area (TPSA) is 79.8 Å². The normalized spacial score (nSPS) is 8.67. The smallest absolute Gasteiger partial charge is 0.228 e. The lowest BCUT2D eigenvalue weighted by atomic mass is 11.4. The molecule has 5 nitrogen and oxygen atoms in total. The Morgan fingerprint density at radius 2 is 2.50 bits per heavy atom. The van der Waals surface area contributed by atoms with E-state index < -0.39 is 0 Å². The second-order valence-corrected chi connectivity index (χ2v) is 0.462. The van der Waals surface area contributed by atoms with Crippen LogP contribution in [-0.4, -0.2) is 6.41 Å². The number of nitrogens with zero attached hydrogens (tertiary/aromatic N) is 2. The summed E-state index contributed by atoms with van der Waals surface area (Å²) in [5.41, 5.74) is 1.85. The summed E-state index contributed by atoms with van der Waals surface area (Å²) in [6.07, 6.45) is 0.371. The standard InChI is InChI=1S/CH4N4O/c2-4-5-3-1-6/h1H,(H2,2,5)(H,3,4,6). The molecule has 0 bridgehead atoms. The number of rotatable bonds is 2. The molecule has 0 rings (SSSR count). The fourth-order valence-corrected chi connectivity index (χ4v) is 0.0569. The second-order valence-electron chi connectivity index (χ2n) is 0.462. The Labute approximate surface area is 34.2 Å². The maximum absolute atomic E-state index is 9.24. The summed E-state index contributed by atoms with van der Waals surface area (Å²) in [6, 6.07) is 0. The fourth-order valence-electron chi connectivity index (χ4n) is 0.0569. The van der Waals surface area contributed by atoms with Crippen molar-refractivity contribution < 1.29 is 4.79 Å². The first-order valence-corrected chi connectivity index (χ1v) is 1.21. The van der Waals surface area contributed by atoms with Gasteiger partial charge in [0.1, 0.15) is 0 Å². The Kier molecular flexibility index (Phi) is 3.14. The highest BCUT2D eigenvalue weighted by molar-refractivity contribution is 5.44. The summed E-state index contributed by atoms with van der Waals surface area (Å²) in [5, 5.41) is 5.58. The minimum Gasteiger partial charge on any atom is -0.303 e. The molecular formula is CH4N4O. The van der Waals surface area contributed by atoms with Crippen LogP contribution in [0.15, 0.2) is 10.4 Å². The minimum atomic E-state index is 0.371. The van der Waals surface area contributed by atoms with Crippen LogP contribution in [0.25, 0.3) is 0 Å². The molecule has 0 fully saturated rings. The van der Waals surface area contributed by atoms with E-state index in [9.17, 15) is 4.79 Å². The number of carbonyl (C=O) groups excluding carboxylic acids is 1. The van der Waals surface area contributed by atoms with Gasteiger partial charge in [-0.05, 0) is 5.22 Å². The first-order chi connectivity index (χ1) is 2.91. The Morgan fingerprint density at radius 1 is 1.83 bits per heavy atom. The summed E-state index contributed by atoms with van der Waals surface area (Å²) in [4.78, 5) is 9.24. The van der Waals surface area contributed by atoms with Crippen LogP contribution in [-0.2, 0) is 4.79 Å². The van der Waals surface area contributed by atoms with E-state index in [4.69, 9.17) is 0 Å². The van der Waals surface area contributed by atoms with Gasteiger partial charge in [0, 0.05) is 0 Å². The van der Waals surface area contributed by atoms with Crippen molar-refractivity contribution >= 4 is 6.41 Å². The van der Waals surface area contributed by atoms with Gasteiger partial charge in [-0.25, -0.2) is 5.43 Å². The van der Waals surface area contributed by atoms with Crippen LogP contribution in [0.1, 0.15) is 0 Å². The minimum absolute atomic E-state index is 0.371. The quantitative estimate of drug-likeness (QED) is 0.196. The van der Waals surface area contributed by atoms with E-state index in [0.29, 0.717) is 6.41 Å². The molecule has 0 aliphatic carbocycles. The molecule has 0 heterocycles. The van der Waals surface area contributed by atoms with Crippen LogP contribution in [0.5, 0.6) is 0 Å². The van der Waals surface area contributed by atoms with Crippen molar-refractivity contribution in [2.75, 3.05) is 0 Å². The molecule has 0 aliphatic rings. The van der Waals surface area contributed by atoms with Gasteiger partial charge >= 0.3 is 0 Å². The number of carbonyl (C=O) groups is 1. The molecule has 0 atom stereocenters. The van der Waals surface area contributed by atoms with Crippen molar-refractivity contribution in [1.29, 1.82) is 0 Å². The van der Waals surface area contributed by atoms with Crippen molar-refractivity contribution in [2.45, 2.75) is 0 Å². The average Bonchev–Trinajstić information content (AvgIpc) is 1.61. The van der Waals surface area contributed by atoms with Gasteiger partial charge in [0.2, 0.25) is 6.41 Å². The second kappa shape index (κ2) is 3.87. The molecule has 1 amide bonds. The molecule has 0 aromatic rings. The Bertz CT molecular complexity index is 58.6. The monoisotopic (exact) mass is 88.0 g/mol. The summed E-state index contributed by atoms with van der Waals surface area (Å²) >= 11 is 0. The van der Waals surface area contributed by atoms with E-state index in [1.807, 2.05) is 5.43 Å². The number of hydrogen-bond acceptors (Lipinski definition) is 3. The first kappa shape index (κ1) is 4.87. The molecule has 0 unspecified atom stereocenters. The zero-order chi connectivity index (χ0) is 4.83. The highest BCUT2D eigenvalue weighted by Gasteiger charge is 1.57. The van der Waals surface area contributed by atoms with Gasteiger partial charge in [-0.1, -0.05) is 5.22 Å². The molecule has 0 aliphatic heterocycles. The number of nitrogens with two attached hydrogens (primary N) is 1. The van der Waals surface area contributed by atoms with E-state index in [1.165, 1.54) is 0 Å². The van der Waals surface area contributed by atoms with Crippen molar-refractivity contribution in [2.24, 2.45) is 16.3 Å². The van der Waals surface area contributed by atoms with Crippen LogP contribution in [0.2, 0.25) is 0 Å². The lowest BCUT2D eigenvalue weighted by Gasteiger charge is -1.72. The third kappa shape index (κ3) is 2.87. The van der Waals surface area contributed by atoms with E-state index in [-0.39, 0.29) is 0 Å². The third-order valence-electron chi connectivity index (χ3n) is 0.168. The van der Waals surface area contributed by atoms with Crippen molar-refractivity contribution in [3.05, 3.63) is 0 Å². The Morgan fingerprint density at radius 3 is 2.67 bits per heavy atom. The van der Waals surface area contributed by atoms with E-state index in [1.54, 1.807) is 0 Å². The van der Waals surface area contributed by atoms with E-state index in [2.05, 4.69) is 16.3 Å². The van der Waals surface area contributed by atoms with Gasteiger partial charge in [-0.2, -0.15) is 0 Å². The molecule has 6 heavy (non-hydrogen) atoms. The van der Waals surface area contributed by atoms with E-state index >= 15 is 0 Å². The van der Waals surface area contributed by atoms with Gasteiger partial charge in [0.05, 0.1) is 0 Å². The SMILES string of the molecule is NN=NNC=O. The van der Waals surface area contributed by atoms with Gasteiger partial charge < -0.3 is 5.84 Å². The molecule has 3 N–H and O–H groups in total. The third-order valence-corrected chi connectivity index (χ3v) is 0.168. The summed E-state index contributed by atoms with van der Waals surface area (Å²) in [7, 11) is 0. The molecular weight excluding hydrogens is 84.0 g/mol. The van der Waals surface area contributed by atoms with Crippen molar-refractivity contribution in [1.82, 2.24) is 5.43 Å². The lowest BCUT2D eigenvalue weighted by Crippen LogP contribution is -1.98. The highest BCUT2D eigenvalue weighted by Crippen LogP contribution is 1.45. The van der Waals surface area contributed by atoms with Gasteiger partial charge in [0.15, 0.2) is 0 Å². The highest BCUT2D eigenvalue weighted by atomic mass is 16.1. The number of hydrogen-bond donors (Lipinski definition) is 2. The van der Waals surface area contributed by atoms with Crippen LogP contribution in [0, 0.1) is 0 Å². The largest absolute Gasteiger partial charge is 0.303 e. The molecule has 0 radical (unpaired) electrons. The zero-order valence-electron chi connectivity index (χ0n) is 2.96. The van der Waals surface area contributed by atoms with Crippen LogP contribution >= 0.6 is 0 Å². The first-order valence-electron chi connectivity index (χ1n) is 1.21. The maximum atomic E-state index is 9.24. The molecule has 0 aromatic heterocycles. The molecule has 0 spiro atoms. The molecule has 5 heteroatoms. The molecule has 0 saturated carbocycles. The van der Waals surface area contributed by atoms with E-state index in [0.717, 1.165) is 0 Å². The molecule has 0 aromatic carbocycles. The molecule has 34 valence electrons. The fraction of sp³-hybridized carbons (Fsp3) is 0.